The number of aryl methyl sites for hydroxylation is 1. The van der Waals surface area contributed by atoms with Crippen molar-refractivity contribution in [1.29, 1.82) is 0 Å². The molecule has 1 aliphatic heterocycles. The Hall–Kier alpha value is -2.28. The average Bonchev–Trinajstić information content (AvgIpc) is 2.69. The molecule has 1 aliphatic carbocycles. The van der Waals surface area contributed by atoms with E-state index in [2.05, 4.69) is 34.2 Å². The molecule has 2 aliphatic rings. The Morgan fingerprint density at radius 1 is 1.32 bits per heavy atom. The number of hydrogen-bond donors (Lipinski definition) is 2. The number of fused-ring (bicyclic) bond motifs is 1. The van der Waals surface area contributed by atoms with Gasteiger partial charge in [0.1, 0.15) is 0 Å². The standard InChI is InChI=1S/C22H27N3O3/c1-15-11-16(19-5-3-4-6-20(19)23-15)12-28-18-9-7-17(8-10-18)22(21(26)24-27)13-25(2)14-22/h3-7,9,11,17-18,27H,8,10,12-14H2,1-2H3,(H,24,26). The predicted molar refractivity (Wildman–Crippen MR) is 107 cm³/mol. The zero-order valence-electron chi connectivity index (χ0n) is 16.4. The number of para-hydroxylation sites is 1. The lowest BCUT2D eigenvalue weighted by atomic mass is 9.65. The molecule has 2 aromatic rings. The first kappa shape index (κ1) is 19.1. The SMILES string of the molecule is Cc1cc(COC2C=CC(C3(C(=O)NO)CN(C)C3)CC2)c2ccccc2n1. The molecule has 0 spiro atoms. The molecular weight excluding hydrogens is 354 g/mol. The Labute approximate surface area is 165 Å². The van der Waals surface area contributed by atoms with Gasteiger partial charge in [-0.2, -0.15) is 0 Å². The van der Waals surface area contributed by atoms with Crippen LogP contribution in [0.1, 0.15) is 24.1 Å². The molecule has 1 amide bonds. The molecule has 0 saturated carbocycles. The van der Waals surface area contributed by atoms with Gasteiger partial charge in [0.15, 0.2) is 0 Å². The third kappa shape index (κ3) is 3.43. The second-order valence-electron chi connectivity index (χ2n) is 8.13. The van der Waals surface area contributed by atoms with Crippen molar-refractivity contribution in [2.24, 2.45) is 11.3 Å². The zero-order valence-corrected chi connectivity index (χ0v) is 16.4. The lowest BCUT2D eigenvalue weighted by Crippen LogP contribution is -2.64. The van der Waals surface area contributed by atoms with Crippen LogP contribution in [0.2, 0.25) is 0 Å². The van der Waals surface area contributed by atoms with Crippen LogP contribution in [0, 0.1) is 18.3 Å². The molecular formula is C22H27N3O3. The molecule has 2 unspecified atom stereocenters. The monoisotopic (exact) mass is 381 g/mol. The number of likely N-dealkylation sites (tertiary alicyclic amines) is 1. The molecule has 0 radical (unpaired) electrons. The number of benzene rings is 1. The van der Waals surface area contributed by atoms with Crippen LogP contribution in [0.5, 0.6) is 0 Å². The van der Waals surface area contributed by atoms with E-state index in [4.69, 9.17) is 9.94 Å². The van der Waals surface area contributed by atoms with Crippen LogP contribution in [0.3, 0.4) is 0 Å². The highest BCUT2D eigenvalue weighted by molar-refractivity contribution is 5.84. The number of pyridine rings is 1. The fourth-order valence-electron chi connectivity index (χ4n) is 4.68. The third-order valence-electron chi connectivity index (χ3n) is 6.07. The Kier molecular flexibility index (Phi) is 5.19. The maximum absolute atomic E-state index is 12.3. The Bertz CT molecular complexity index is 905. The smallest absolute Gasteiger partial charge is 0.252 e. The molecule has 1 saturated heterocycles. The normalized spacial score (nSPS) is 24.1. The molecule has 4 rings (SSSR count). The summed E-state index contributed by atoms with van der Waals surface area (Å²) < 4.78 is 6.18. The summed E-state index contributed by atoms with van der Waals surface area (Å²) in [6.07, 6.45) is 5.96. The molecule has 2 N–H and O–H groups in total. The summed E-state index contributed by atoms with van der Waals surface area (Å²) in [5.74, 6) is -0.155. The highest BCUT2D eigenvalue weighted by Crippen LogP contribution is 2.42. The fraction of sp³-hybridized carbons (Fsp3) is 0.455. The first-order valence-corrected chi connectivity index (χ1v) is 9.80. The van der Waals surface area contributed by atoms with Crippen molar-refractivity contribution < 1.29 is 14.7 Å². The van der Waals surface area contributed by atoms with Gasteiger partial charge in [-0.3, -0.25) is 15.0 Å². The number of aromatic nitrogens is 1. The number of ether oxygens (including phenoxy) is 1. The molecule has 6 nitrogen and oxygen atoms in total. The van der Waals surface area contributed by atoms with E-state index in [1.54, 1.807) is 0 Å². The minimum Gasteiger partial charge on any atom is -0.369 e. The number of rotatable bonds is 5. The van der Waals surface area contributed by atoms with Crippen molar-refractivity contribution >= 4 is 16.8 Å². The van der Waals surface area contributed by atoms with Crippen molar-refractivity contribution in [3.05, 3.63) is 53.7 Å². The quantitative estimate of drug-likeness (QED) is 0.473. The average molecular weight is 381 g/mol. The lowest BCUT2D eigenvalue weighted by molar-refractivity contribution is -0.155. The van der Waals surface area contributed by atoms with E-state index in [0.29, 0.717) is 19.7 Å². The summed E-state index contributed by atoms with van der Waals surface area (Å²) in [5.41, 5.74) is 4.47. The van der Waals surface area contributed by atoms with E-state index in [1.807, 2.05) is 37.7 Å². The Morgan fingerprint density at radius 3 is 2.79 bits per heavy atom. The summed E-state index contributed by atoms with van der Waals surface area (Å²) in [4.78, 5) is 18.9. The van der Waals surface area contributed by atoms with E-state index in [9.17, 15) is 4.79 Å². The topological polar surface area (TPSA) is 74.7 Å². The van der Waals surface area contributed by atoms with Gasteiger partial charge in [0.25, 0.3) is 5.91 Å². The maximum Gasteiger partial charge on any atom is 0.252 e. The van der Waals surface area contributed by atoms with E-state index in [-0.39, 0.29) is 17.9 Å². The molecule has 2 heterocycles. The number of hydrogen-bond acceptors (Lipinski definition) is 5. The number of allylic oxidation sites excluding steroid dienone is 1. The van der Waals surface area contributed by atoms with E-state index in [0.717, 1.165) is 35.0 Å². The highest BCUT2D eigenvalue weighted by atomic mass is 16.5. The minimum atomic E-state index is -0.524. The third-order valence-corrected chi connectivity index (χ3v) is 6.07. The molecule has 28 heavy (non-hydrogen) atoms. The molecule has 1 fully saturated rings. The van der Waals surface area contributed by atoms with E-state index < -0.39 is 5.41 Å². The zero-order chi connectivity index (χ0) is 19.7. The van der Waals surface area contributed by atoms with Crippen LogP contribution >= 0.6 is 0 Å². The Morgan fingerprint density at radius 2 is 2.11 bits per heavy atom. The summed E-state index contributed by atoms with van der Waals surface area (Å²) in [7, 11) is 1.99. The van der Waals surface area contributed by atoms with Crippen molar-refractivity contribution in [3.8, 4) is 0 Å². The van der Waals surface area contributed by atoms with Crippen LogP contribution in [0.4, 0.5) is 0 Å². The van der Waals surface area contributed by atoms with Crippen LogP contribution in [-0.4, -0.2) is 47.2 Å². The van der Waals surface area contributed by atoms with Gasteiger partial charge in [-0.05, 0) is 50.4 Å². The summed E-state index contributed by atoms with van der Waals surface area (Å²) in [5, 5.41) is 10.3. The Balaban J connectivity index is 1.43. The van der Waals surface area contributed by atoms with Gasteiger partial charge in [0.2, 0.25) is 0 Å². The molecule has 2 atom stereocenters. The van der Waals surface area contributed by atoms with Crippen LogP contribution in [0.25, 0.3) is 10.9 Å². The van der Waals surface area contributed by atoms with Gasteiger partial charge in [-0.1, -0.05) is 30.4 Å². The largest absolute Gasteiger partial charge is 0.369 e. The number of amides is 1. The molecule has 0 bridgehead atoms. The van der Waals surface area contributed by atoms with E-state index >= 15 is 0 Å². The van der Waals surface area contributed by atoms with Gasteiger partial charge in [0.05, 0.1) is 23.6 Å². The number of nitrogens with zero attached hydrogens (tertiary/aromatic N) is 2. The van der Waals surface area contributed by atoms with Gasteiger partial charge in [-0.25, -0.2) is 5.48 Å². The summed E-state index contributed by atoms with van der Waals surface area (Å²) in [6, 6.07) is 10.2. The minimum absolute atomic E-state index is 0.0375. The van der Waals surface area contributed by atoms with Crippen molar-refractivity contribution in [1.82, 2.24) is 15.4 Å². The fourth-order valence-corrected chi connectivity index (χ4v) is 4.68. The summed E-state index contributed by atoms with van der Waals surface area (Å²) >= 11 is 0. The maximum atomic E-state index is 12.3. The van der Waals surface area contributed by atoms with Crippen molar-refractivity contribution in [3.63, 3.8) is 0 Å². The second-order valence-corrected chi connectivity index (χ2v) is 8.13. The first-order chi connectivity index (χ1) is 13.5. The summed E-state index contributed by atoms with van der Waals surface area (Å²) in [6.45, 7) is 3.88. The van der Waals surface area contributed by atoms with Gasteiger partial charge >= 0.3 is 0 Å². The molecule has 1 aromatic carbocycles. The molecule has 148 valence electrons. The first-order valence-electron chi connectivity index (χ1n) is 9.80. The number of carbonyl (C=O) groups excluding carboxylic acids is 1. The lowest BCUT2D eigenvalue weighted by Gasteiger charge is -2.51. The number of nitrogens with one attached hydrogen (secondary N) is 1. The van der Waals surface area contributed by atoms with Gasteiger partial charge in [-0.15, -0.1) is 0 Å². The number of hydroxylamine groups is 1. The van der Waals surface area contributed by atoms with Crippen molar-refractivity contribution in [2.75, 3.05) is 20.1 Å². The van der Waals surface area contributed by atoms with Gasteiger partial charge in [0, 0.05) is 24.2 Å². The van der Waals surface area contributed by atoms with Crippen LogP contribution < -0.4 is 5.48 Å². The molecule has 6 heteroatoms. The number of carbonyl (C=O) groups is 1. The van der Waals surface area contributed by atoms with Crippen LogP contribution in [-0.2, 0) is 16.1 Å². The second kappa shape index (κ2) is 7.62. The van der Waals surface area contributed by atoms with Crippen LogP contribution in [0.15, 0.2) is 42.5 Å². The molecule has 1 aromatic heterocycles. The van der Waals surface area contributed by atoms with E-state index in [1.165, 1.54) is 0 Å². The highest BCUT2D eigenvalue weighted by Gasteiger charge is 2.52. The van der Waals surface area contributed by atoms with Crippen molar-refractivity contribution in [2.45, 2.75) is 32.5 Å². The van der Waals surface area contributed by atoms with Gasteiger partial charge < -0.3 is 9.64 Å². The predicted octanol–water partition coefficient (Wildman–Crippen LogP) is 2.83.